The molecule has 2 amide bonds. The number of ether oxygens (including phenoxy) is 2. The van der Waals surface area contributed by atoms with E-state index in [0.717, 1.165) is 42.0 Å². The Bertz CT molecular complexity index is 1000. The summed E-state index contributed by atoms with van der Waals surface area (Å²) in [7, 11) is 0. The lowest BCUT2D eigenvalue weighted by Crippen LogP contribution is -2.62. The number of amides is 2. The molecule has 4 rings (SSSR count). The Labute approximate surface area is 201 Å². The van der Waals surface area contributed by atoms with Crippen LogP contribution in [-0.2, 0) is 27.2 Å². The van der Waals surface area contributed by atoms with Crippen molar-refractivity contribution >= 4 is 11.8 Å². The Morgan fingerprint density at radius 2 is 2.00 bits per heavy atom. The molecule has 8 nitrogen and oxygen atoms in total. The number of fused-ring (bicyclic) bond motifs is 1. The van der Waals surface area contributed by atoms with Crippen LogP contribution in [0, 0.1) is 13.8 Å². The van der Waals surface area contributed by atoms with Gasteiger partial charge in [-0.2, -0.15) is 5.10 Å². The highest BCUT2D eigenvalue weighted by Crippen LogP contribution is 2.30. The summed E-state index contributed by atoms with van der Waals surface area (Å²) in [6, 6.07) is 8.12. The molecule has 3 heterocycles. The average Bonchev–Trinajstić information content (AvgIpc) is 3.16. The maximum Gasteiger partial charge on any atom is 0.256 e. The SMILES string of the molecule is CCN1CCOc2ccccc2CCCCC2(CN(C(=O)Cc3c(C)n[nH]c3C)CCO2)C1=O. The molecular weight excluding hydrogens is 432 g/mol. The zero-order valence-electron chi connectivity index (χ0n) is 20.6. The minimum absolute atomic E-state index is 0.00880. The predicted molar refractivity (Wildman–Crippen MR) is 129 cm³/mol. The molecule has 0 bridgehead atoms. The Morgan fingerprint density at radius 1 is 1.18 bits per heavy atom. The van der Waals surface area contributed by atoms with E-state index in [9.17, 15) is 9.59 Å². The van der Waals surface area contributed by atoms with Crippen LogP contribution in [0.1, 0.15) is 48.7 Å². The van der Waals surface area contributed by atoms with Gasteiger partial charge in [0.2, 0.25) is 5.91 Å². The van der Waals surface area contributed by atoms with Gasteiger partial charge in [0, 0.05) is 24.3 Å². The van der Waals surface area contributed by atoms with Crippen molar-refractivity contribution in [3.63, 3.8) is 0 Å². The molecule has 1 spiro atoms. The number of hydrogen-bond donors (Lipinski definition) is 1. The van der Waals surface area contributed by atoms with Crippen LogP contribution in [0.3, 0.4) is 0 Å². The maximum atomic E-state index is 13.8. The van der Waals surface area contributed by atoms with Crippen molar-refractivity contribution in [3.05, 3.63) is 46.8 Å². The van der Waals surface area contributed by atoms with Gasteiger partial charge in [0.05, 0.1) is 31.8 Å². The van der Waals surface area contributed by atoms with Crippen molar-refractivity contribution in [1.29, 1.82) is 0 Å². The highest BCUT2D eigenvalue weighted by molar-refractivity contribution is 5.87. The Kier molecular flexibility index (Phi) is 7.56. The zero-order chi connectivity index (χ0) is 24.1. The number of carbonyl (C=O) groups excluding carboxylic acids is 2. The highest BCUT2D eigenvalue weighted by atomic mass is 16.5. The van der Waals surface area contributed by atoms with Gasteiger partial charge in [-0.25, -0.2) is 0 Å². The fraction of sp³-hybridized carbons (Fsp3) is 0.577. The molecule has 184 valence electrons. The first kappa shape index (κ1) is 24.3. The number of aromatic nitrogens is 2. The van der Waals surface area contributed by atoms with E-state index in [1.807, 2.05) is 43.9 Å². The fourth-order valence-corrected chi connectivity index (χ4v) is 5.02. The number of H-pyrrole nitrogens is 1. The summed E-state index contributed by atoms with van der Waals surface area (Å²) in [5.41, 5.74) is 2.87. The van der Waals surface area contributed by atoms with Crippen molar-refractivity contribution in [2.75, 3.05) is 39.4 Å². The van der Waals surface area contributed by atoms with E-state index in [2.05, 4.69) is 16.3 Å². The van der Waals surface area contributed by atoms with Crippen LogP contribution in [0.4, 0.5) is 0 Å². The van der Waals surface area contributed by atoms with Gasteiger partial charge in [0.15, 0.2) is 5.60 Å². The van der Waals surface area contributed by atoms with E-state index in [0.29, 0.717) is 39.3 Å². The van der Waals surface area contributed by atoms with Crippen molar-refractivity contribution < 1.29 is 19.1 Å². The number of rotatable bonds is 3. The maximum absolute atomic E-state index is 13.8. The van der Waals surface area contributed by atoms with Crippen molar-refractivity contribution in [1.82, 2.24) is 20.0 Å². The molecule has 1 saturated heterocycles. The number of nitrogens with zero attached hydrogens (tertiary/aromatic N) is 3. The van der Waals surface area contributed by atoms with Crippen LogP contribution in [0.5, 0.6) is 5.75 Å². The molecule has 1 aromatic heterocycles. The summed E-state index contributed by atoms with van der Waals surface area (Å²) in [4.78, 5) is 30.7. The third-order valence-corrected chi connectivity index (χ3v) is 7.07. The number of morpholine rings is 1. The third-order valence-electron chi connectivity index (χ3n) is 7.07. The summed E-state index contributed by atoms with van der Waals surface area (Å²) in [5, 5.41) is 7.16. The first-order chi connectivity index (χ1) is 16.4. The zero-order valence-corrected chi connectivity index (χ0v) is 20.6. The molecule has 2 aliphatic heterocycles. The number of likely N-dealkylation sites (N-methyl/N-ethyl adjacent to an activating group) is 1. The second kappa shape index (κ2) is 10.6. The van der Waals surface area contributed by atoms with Gasteiger partial charge in [-0.05, 0) is 58.1 Å². The van der Waals surface area contributed by atoms with Crippen LogP contribution in [-0.4, -0.2) is 76.8 Å². The van der Waals surface area contributed by atoms with E-state index in [-0.39, 0.29) is 24.8 Å². The normalized spacial score (nSPS) is 22.0. The van der Waals surface area contributed by atoms with Gasteiger partial charge in [0.25, 0.3) is 5.91 Å². The van der Waals surface area contributed by atoms with Gasteiger partial charge < -0.3 is 19.3 Å². The van der Waals surface area contributed by atoms with E-state index in [1.54, 1.807) is 4.90 Å². The monoisotopic (exact) mass is 468 g/mol. The van der Waals surface area contributed by atoms with Crippen LogP contribution in [0.25, 0.3) is 0 Å². The smallest absolute Gasteiger partial charge is 0.256 e. The number of hydrogen-bond acceptors (Lipinski definition) is 5. The number of benzene rings is 1. The molecule has 0 radical (unpaired) electrons. The van der Waals surface area contributed by atoms with Gasteiger partial charge in [-0.1, -0.05) is 18.2 Å². The van der Waals surface area contributed by atoms with E-state index in [1.165, 1.54) is 5.56 Å². The molecule has 2 aliphatic rings. The lowest BCUT2D eigenvalue weighted by molar-refractivity contribution is -0.176. The molecule has 1 N–H and O–H groups in total. The first-order valence-corrected chi connectivity index (χ1v) is 12.4. The minimum atomic E-state index is -1.01. The molecule has 8 heteroatoms. The molecule has 1 fully saturated rings. The second-order valence-corrected chi connectivity index (χ2v) is 9.30. The standard InChI is InChI=1S/C26H36N4O4/c1-4-29-13-15-33-23-11-6-5-9-21(23)10-7-8-12-26(25(29)32)18-30(14-16-34-26)24(31)17-22-19(2)27-28-20(22)3/h5-6,9,11H,4,7-8,10,12-18H2,1-3H3,(H,27,28). The summed E-state index contributed by atoms with van der Waals surface area (Å²) in [5.74, 6) is 0.868. The summed E-state index contributed by atoms with van der Waals surface area (Å²) < 4.78 is 12.3. The van der Waals surface area contributed by atoms with Crippen LogP contribution in [0.15, 0.2) is 24.3 Å². The Morgan fingerprint density at radius 3 is 2.76 bits per heavy atom. The Hall–Kier alpha value is -2.87. The van der Waals surface area contributed by atoms with Gasteiger partial charge in [-0.15, -0.1) is 0 Å². The molecule has 1 unspecified atom stereocenters. The topological polar surface area (TPSA) is 87.8 Å². The van der Waals surface area contributed by atoms with Crippen molar-refractivity contribution in [2.24, 2.45) is 0 Å². The third kappa shape index (κ3) is 5.12. The van der Waals surface area contributed by atoms with Gasteiger partial charge in [0.1, 0.15) is 12.4 Å². The number of nitrogens with one attached hydrogen (secondary N) is 1. The lowest BCUT2D eigenvalue weighted by atomic mass is 9.90. The first-order valence-electron chi connectivity index (χ1n) is 12.4. The van der Waals surface area contributed by atoms with Gasteiger partial charge in [-0.3, -0.25) is 14.7 Å². The van der Waals surface area contributed by atoms with Crippen LogP contribution in [0.2, 0.25) is 0 Å². The molecule has 1 atom stereocenters. The summed E-state index contributed by atoms with van der Waals surface area (Å²) in [6.45, 7) is 8.42. The molecule has 0 aliphatic carbocycles. The van der Waals surface area contributed by atoms with Crippen molar-refractivity contribution in [2.45, 2.75) is 58.5 Å². The number of aromatic amines is 1. The van der Waals surface area contributed by atoms with E-state index >= 15 is 0 Å². The predicted octanol–water partition coefficient (Wildman–Crippen LogP) is 2.82. The Balaban J connectivity index is 1.53. The molecule has 34 heavy (non-hydrogen) atoms. The highest BCUT2D eigenvalue weighted by Gasteiger charge is 2.46. The summed E-state index contributed by atoms with van der Waals surface area (Å²) >= 11 is 0. The molecule has 1 aromatic carbocycles. The average molecular weight is 469 g/mol. The quantitative estimate of drug-likeness (QED) is 0.749. The minimum Gasteiger partial charge on any atom is -0.491 e. The van der Waals surface area contributed by atoms with Gasteiger partial charge >= 0.3 is 0 Å². The number of carbonyl (C=O) groups is 2. The largest absolute Gasteiger partial charge is 0.491 e. The fourth-order valence-electron chi connectivity index (χ4n) is 5.02. The lowest BCUT2D eigenvalue weighted by Gasteiger charge is -2.44. The number of para-hydroxylation sites is 1. The van der Waals surface area contributed by atoms with Crippen LogP contribution >= 0.6 is 0 Å². The van der Waals surface area contributed by atoms with E-state index < -0.39 is 5.60 Å². The van der Waals surface area contributed by atoms with Crippen LogP contribution < -0.4 is 4.74 Å². The van der Waals surface area contributed by atoms with E-state index in [4.69, 9.17) is 9.47 Å². The second-order valence-electron chi connectivity index (χ2n) is 9.30. The van der Waals surface area contributed by atoms with Crippen molar-refractivity contribution in [3.8, 4) is 5.75 Å². The molecular formula is C26H36N4O4. The molecule has 2 aromatic rings. The molecule has 0 saturated carbocycles. The number of aryl methyl sites for hydroxylation is 3. The summed E-state index contributed by atoms with van der Waals surface area (Å²) in [6.07, 6.45) is 3.52.